The number of hydrogen-bond donors (Lipinski definition) is 1. The largest absolute Gasteiger partial charge is 0.374 e. The lowest BCUT2D eigenvalue weighted by Crippen LogP contribution is -2.50. The molecule has 2 unspecified atom stereocenters. The van der Waals surface area contributed by atoms with Gasteiger partial charge in [-0.05, 0) is 50.2 Å². The molecule has 1 aromatic heterocycles. The van der Waals surface area contributed by atoms with E-state index in [-0.39, 0.29) is 11.6 Å². The topological polar surface area (TPSA) is 39.1 Å². The lowest BCUT2D eigenvalue weighted by atomic mass is 9.89. The number of halogens is 1. The van der Waals surface area contributed by atoms with Gasteiger partial charge in [0.1, 0.15) is 0 Å². The summed E-state index contributed by atoms with van der Waals surface area (Å²) in [6.07, 6.45) is 1.86. The van der Waals surface area contributed by atoms with Crippen molar-refractivity contribution in [1.29, 1.82) is 0 Å². The minimum atomic E-state index is -0.166. The molecular weight excluding hydrogens is 306 g/mol. The number of hydrogen-bond acceptors (Lipinski definition) is 3. The second kappa shape index (κ2) is 6.86. The van der Waals surface area contributed by atoms with E-state index >= 15 is 0 Å². The zero-order chi connectivity index (χ0) is 14.6. The highest BCUT2D eigenvalue weighted by Gasteiger charge is 2.33. The molecule has 0 spiro atoms. The minimum Gasteiger partial charge on any atom is -0.374 e. The van der Waals surface area contributed by atoms with Crippen LogP contribution in [0.3, 0.4) is 0 Å². The molecule has 0 saturated carbocycles. The van der Waals surface area contributed by atoms with Gasteiger partial charge in [-0.3, -0.25) is 4.68 Å². The Bertz CT molecular complexity index is 419. The van der Waals surface area contributed by atoms with Crippen LogP contribution in [-0.4, -0.2) is 35.1 Å². The fraction of sp³-hybridized carbons (Fsp3) is 0.786. The number of likely N-dealkylation sites (N-methyl/N-ethyl adjacent to an activating group) is 1. The quantitative estimate of drug-likeness (QED) is 0.835. The zero-order valence-corrected chi connectivity index (χ0v) is 14.5. The molecule has 1 aromatic rings. The molecule has 0 fully saturated rings. The van der Waals surface area contributed by atoms with Crippen LogP contribution in [0.1, 0.15) is 38.6 Å². The Balaban J connectivity index is 2.98. The van der Waals surface area contributed by atoms with E-state index in [0.717, 1.165) is 29.6 Å². The third kappa shape index (κ3) is 3.58. The second-order valence-corrected chi connectivity index (χ2v) is 5.91. The van der Waals surface area contributed by atoms with Gasteiger partial charge in [-0.2, -0.15) is 5.10 Å². The van der Waals surface area contributed by atoms with Gasteiger partial charge in [-0.25, -0.2) is 0 Å². The molecule has 1 N–H and O–H groups in total. The van der Waals surface area contributed by atoms with E-state index in [1.54, 1.807) is 0 Å². The zero-order valence-electron chi connectivity index (χ0n) is 12.9. The highest BCUT2D eigenvalue weighted by molar-refractivity contribution is 9.10. The molecule has 0 bridgehead atoms. The Kier molecular flexibility index (Phi) is 6.02. The van der Waals surface area contributed by atoms with Crippen molar-refractivity contribution in [2.45, 2.75) is 52.2 Å². The summed E-state index contributed by atoms with van der Waals surface area (Å²) in [6, 6.07) is 0.253. The number of nitrogens with one attached hydrogen (secondary N) is 1. The van der Waals surface area contributed by atoms with Gasteiger partial charge in [0.05, 0.1) is 21.5 Å². The van der Waals surface area contributed by atoms with Crippen molar-refractivity contribution < 1.29 is 4.74 Å². The molecule has 4 nitrogen and oxygen atoms in total. The van der Waals surface area contributed by atoms with Crippen LogP contribution in [0, 0.1) is 6.92 Å². The number of ether oxygens (including phenoxy) is 1. The van der Waals surface area contributed by atoms with Gasteiger partial charge in [0, 0.05) is 26.1 Å². The van der Waals surface area contributed by atoms with E-state index < -0.39 is 0 Å². The molecule has 0 aromatic carbocycles. The van der Waals surface area contributed by atoms with Gasteiger partial charge in [0.25, 0.3) is 0 Å². The van der Waals surface area contributed by atoms with Crippen molar-refractivity contribution in [2.75, 3.05) is 13.7 Å². The Morgan fingerprint density at radius 3 is 2.47 bits per heavy atom. The maximum atomic E-state index is 5.98. The molecule has 1 rings (SSSR count). The first-order valence-corrected chi connectivity index (χ1v) is 7.68. The van der Waals surface area contributed by atoms with Gasteiger partial charge >= 0.3 is 0 Å². The van der Waals surface area contributed by atoms with Crippen LogP contribution in [0.4, 0.5) is 0 Å². The van der Waals surface area contributed by atoms with Crippen LogP contribution in [0.5, 0.6) is 0 Å². The Labute approximate surface area is 125 Å². The molecule has 0 saturated heterocycles. The Morgan fingerprint density at radius 1 is 1.47 bits per heavy atom. The number of aryl methyl sites for hydroxylation is 2. The van der Waals surface area contributed by atoms with E-state index in [0.29, 0.717) is 0 Å². The minimum absolute atomic E-state index is 0.166. The standard InChI is InChI=1S/C14H26BrN3O/c1-7-14(4,19-8-2)12(16-5)9-11-13(15)10(3)17-18(11)6/h12,16H,7-9H2,1-6H3. The monoisotopic (exact) mass is 331 g/mol. The normalized spacial score (nSPS) is 16.4. The van der Waals surface area contributed by atoms with Crippen molar-refractivity contribution >= 4 is 15.9 Å². The molecule has 0 radical (unpaired) electrons. The van der Waals surface area contributed by atoms with Gasteiger partial charge in [-0.15, -0.1) is 0 Å². The maximum absolute atomic E-state index is 5.98. The molecule has 0 amide bonds. The summed E-state index contributed by atoms with van der Waals surface area (Å²) in [5, 5.41) is 7.86. The van der Waals surface area contributed by atoms with Crippen LogP contribution in [0.2, 0.25) is 0 Å². The fourth-order valence-electron chi connectivity index (χ4n) is 2.50. The van der Waals surface area contributed by atoms with Crippen molar-refractivity contribution in [2.24, 2.45) is 7.05 Å². The van der Waals surface area contributed by atoms with Gasteiger partial charge in [0.15, 0.2) is 0 Å². The van der Waals surface area contributed by atoms with E-state index in [1.165, 1.54) is 5.69 Å². The molecule has 0 aliphatic rings. The molecule has 1 heterocycles. The average molecular weight is 332 g/mol. The van der Waals surface area contributed by atoms with Crippen molar-refractivity contribution in [3.8, 4) is 0 Å². The predicted molar refractivity (Wildman–Crippen MR) is 82.5 cm³/mol. The van der Waals surface area contributed by atoms with Gasteiger partial charge in [0.2, 0.25) is 0 Å². The lowest BCUT2D eigenvalue weighted by Gasteiger charge is -2.36. The summed E-state index contributed by atoms with van der Waals surface area (Å²) >= 11 is 3.63. The van der Waals surface area contributed by atoms with E-state index in [2.05, 4.69) is 40.2 Å². The first kappa shape index (κ1) is 16.7. The number of aromatic nitrogens is 2. The third-order valence-corrected chi connectivity index (χ3v) is 4.95. The molecule has 5 heteroatoms. The lowest BCUT2D eigenvalue weighted by molar-refractivity contribution is -0.0537. The SMILES string of the molecule is CCOC(C)(CC)C(Cc1c(Br)c(C)nn1C)NC. The van der Waals surface area contributed by atoms with Crippen LogP contribution >= 0.6 is 15.9 Å². The van der Waals surface area contributed by atoms with Crippen molar-refractivity contribution in [3.05, 3.63) is 15.9 Å². The fourth-order valence-corrected chi connectivity index (χ4v) is 3.00. The summed E-state index contributed by atoms with van der Waals surface area (Å²) in [7, 11) is 3.98. The molecule has 110 valence electrons. The number of rotatable bonds is 7. The third-order valence-electron chi connectivity index (χ3n) is 3.92. The summed E-state index contributed by atoms with van der Waals surface area (Å²) in [5.74, 6) is 0. The molecule has 0 aliphatic carbocycles. The van der Waals surface area contributed by atoms with Crippen LogP contribution in [0.15, 0.2) is 4.47 Å². The van der Waals surface area contributed by atoms with Crippen molar-refractivity contribution in [1.82, 2.24) is 15.1 Å². The van der Waals surface area contributed by atoms with Gasteiger partial charge < -0.3 is 10.1 Å². The van der Waals surface area contributed by atoms with Crippen molar-refractivity contribution in [3.63, 3.8) is 0 Å². The Hall–Kier alpha value is -0.390. The van der Waals surface area contributed by atoms with Gasteiger partial charge in [-0.1, -0.05) is 6.92 Å². The number of nitrogens with zero attached hydrogens (tertiary/aromatic N) is 2. The maximum Gasteiger partial charge on any atom is 0.0807 e. The van der Waals surface area contributed by atoms with Crippen LogP contribution < -0.4 is 5.32 Å². The molecule has 2 atom stereocenters. The highest BCUT2D eigenvalue weighted by Crippen LogP contribution is 2.27. The summed E-state index contributed by atoms with van der Waals surface area (Å²) in [5.41, 5.74) is 2.07. The first-order valence-electron chi connectivity index (χ1n) is 6.88. The summed E-state index contributed by atoms with van der Waals surface area (Å²) < 4.78 is 9.04. The first-order chi connectivity index (χ1) is 8.89. The van der Waals surface area contributed by atoms with E-state index in [1.807, 2.05) is 32.6 Å². The van der Waals surface area contributed by atoms with Crippen LogP contribution in [0.25, 0.3) is 0 Å². The summed E-state index contributed by atoms with van der Waals surface area (Å²) in [6.45, 7) is 9.14. The molecule has 19 heavy (non-hydrogen) atoms. The molecular formula is C14H26BrN3O. The van der Waals surface area contributed by atoms with Crippen LogP contribution in [-0.2, 0) is 18.2 Å². The smallest absolute Gasteiger partial charge is 0.0807 e. The predicted octanol–water partition coefficient (Wildman–Crippen LogP) is 2.83. The highest BCUT2D eigenvalue weighted by atomic mass is 79.9. The average Bonchev–Trinajstić information content (AvgIpc) is 2.61. The Morgan fingerprint density at radius 2 is 2.11 bits per heavy atom. The molecule has 0 aliphatic heterocycles. The van der Waals surface area contributed by atoms with E-state index in [4.69, 9.17) is 4.74 Å². The summed E-state index contributed by atoms with van der Waals surface area (Å²) in [4.78, 5) is 0. The second-order valence-electron chi connectivity index (χ2n) is 5.11. The van der Waals surface area contributed by atoms with E-state index in [9.17, 15) is 0 Å².